The number of thiocarbonyl (C=S) groups is 1. The molecule has 7 nitrogen and oxygen atoms in total. The molecule has 1 aromatic heterocycles. The minimum Gasteiger partial charge on any atom is -0.494 e. The second kappa shape index (κ2) is 10.6. The van der Waals surface area contributed by atoms with E-state index in [9.17, 15) is 9.59 Å². The van der Waals surface area contributed by atoms with Gasteiger partial charge in [-0.3, -0.25) is 19.5 Å². The van der Waals surface area contributed by atoms with E-state index in [1.165, 1.54) is 4.90 Å². The average Bonchev–Trinajstić information content (AvgIpc) is 3.06. The molecule has 0 saturated carbocycles. The van der Waals surface area contributed by atoms with Crippen molar-refractivity contribution in [2.24, 2.45) is 0 Å². The standard InChI is InChI=1S/C25H23ClN4O3S/c1-2-33-21-12-8-18(9-13-21)28-23(31)15-22-24(32)30(20-10-6-17(26)7-11-20)25(34)29(22)16-19-5-3-4-14-27-19/h3-14,22H,2,15-16H2,1H3,(H,28,31)/t22-/m0/s1. The predicted octanol–water partition coefficient (Wildman–Crippen LogP) is 4.66. The van der Waals surface area contributed by atoms with Crippen LogP contribution in [0.3, 0.4) is 0 Å². The zero-order valence-corrected chi connectivity index (χ0v) is 20.1. The van der Waals surface area contributed by atoms with Crippen LogP contribution in [0.1, 0.15) is 19.0 Å². The van der Waals surface area contributed by atoms with Crippen molar-refractivity contribution in [2.45, 2.75) is 25.9 Å². The highest BCUT2D eigenvalue weighted by Crippen LogP contribution is 2.29. The van der Waals surface area contributed by atoms with Crippen LogP contribution < -0.4 is 15.0 Å². The summed E-state index contributed by atoms with van der Waals surface area (Å²) in [7, 11) is 0. The molecule has 34 heavy (non-hydrogen) atoms. The lowest BCUT2D eigenvalue weighted by molar-refractivity contribution is -0.124. The van der Waals surface area contributed by atoms with E-state index in [-0.39, 0.29) is 18.2 Å². The van der Waals surface area contributed by atoms with Crippen molar-refractivity contribution in [3.63, 3.8) is 0 Å². The molecule has 1 fully saturated rings. The maximum Gasteiger partial charge on any atom is 0.256 e. The molecule has 1 atom stereocenters. The summed E-state index contributed by atoms with van der Waals surface area (Å²) in [4.78, 5) is 33.9. The van der Waals surface area contributed by atoms with E-state index in [1.807, 2.05) is 25.1 Å². The van der Waals surface area contributed by atoms with Gasteiger partial charge in [-0.1, -0.05) is 17.7 Å². The molecule has 2 amide bonds. The Labute approximate surface area is 208 Å². The number of nitrogens with one attached hydrogen (secondary N) is 1. The van der Waals surface area contributed by atoms with Crippen molar-refractivity contribution in [3.05, 3.63) is 83.6 Å². The number of carbonyl (C=O) groups is 2. The first kappa shape index (κ1) is 23.7. The first-order valence-electron chi connectivity index (χ1n) is 10.8. The fraction of sp³-hybridized carbons (Fsp3) is 0.200. The molecule has 2 heterocycles. The summed E-state index contributed by atoms with van der Waals surface area (Å²) in [6, 6.07) is 18.7. The van der Waals surface area contributed by atoms with Crippen LogP contribution in [0.15, 0.2) is 72.9 Å². The maximum absolute atomic E-state index is 13.5. The van der Waals surface area contributed by atoms with Gasteiger partial charge in [0.1, 0.15) is 11.8 Å². The Kier molecular flexibility index (Phi) is 7.40. The Bertz CT molecular complexity index is 1170. The van der Waals surface area contributed by atoms with E-state index in [4.69, 9.17) is 28.6 Å². The Hall–Kier alpha value is -3.49. The van der Waals surface area contributed by atoms with E-state index in [0.29, 0.717) is 34.7 Å². The van der Waals surface area contributed by atoms with E-state index < -0.39 is 6.04 Å². The van der Waals surface area contributed by atoms with Crippen LogP contribution in [0.5, 0.6) is 5.75 Å². The predicted molar refractivity (Wildman–Crippen MR) is 136 cm³/mol. The van der Waals surface area contributed by atoms with Gasteiger partial charge in [-0.2, -0.15) is 0 Å². The number of anilines is 2. The second-order valence-electron chi connectivity index (χ2n) is 7.61. The van der Waals surface area contributed by atoms with Crippen LogP contribution in [0, 0.1) is 0 Å². The molecule has 1 aliphatic rings. The quantitative estimate of drug-likeness (QED) is 0.459. The molecule has 1 saturated heterocycles. The fourth-order valence-electron chi connectivity index (χ4n) is 3.70. The number of aromatic nitrogens is 1. The Morgan fingerprint density at radius 1 is 1.12 bits per heavy atom. The van der Waals surface area contributed by atoms with E-state index in [1.54, 1.807) is 59.6 Å². The molecular formula is C25H23ClN4O3S. The minimum atomic E-state index is -0.770. The highest BCUT2D eigenvalue weighted by molar-refractivity contribution is 7.80. The van der Waals surface area contributed by atoms with E-state index in [0.717, 1.165) is 11.4 Å². The van der Waals surface area contributed by atoms with Gasteiger partial charge in [0.25, 0.3) is 5.91 Å². The molecule has 0 unspecified atom stereocenters. The Balaban J connectivity index is 1.55. The van der Waals surface area contributed by atoms with Crippen LogP contribution in [-0.2, 0) is 16.1 Å². The highest BCUT2D eigenvalue weighted by atomic mass is 35.5. The minimum absolute atomic E-state index is 0.0664. The van der Waals surface area contributed by atoms with Crippen LogP contribution in [0.4, 0.5) is 11.4 Å². The number of ether oxygens (including phenoxy) is 1. The molecule has 2 aromatic carbocycles. The van der Waals surface area contributed by atoms with Crippen LogP contribution in [0.25, 0.3) is 0 Å². The Morgan fingerprint density at radius 2 is 1.85 bits per heavy atom. The van der Waals surface area contributed by atoms with Crippen molar-refractivity contribution in [3.8, 4) is 5.75 Å². The molecule has 0 spiro atoms. The number of nitrogens with zero attached hydrogens (tertiary/aromatic N) is 3. The van der Waals surface area contributed by atoms with Gasteiger partial charge in [0, 0.05) is 16.9 Å². The number of hydrogen-bond donors (Lipinski definition) is 1. The number of benzene rings is 2. The normalized spacial score (nSPS) is 15.5. The smallest absolute Gasteiger partial charge is 0.256 e. The SMILES string of the molecule is CCOc1ccc(NC(=O)C[C@H]2C(=O)N(c3ccc(Cl)cc3)C(=S)N2Cc2ccccn2)cc1. The largest absolute Gasteiger partial charge is 0.494 e. The van der Waals surface area contributed by atoms with Gasteiger partial charge in [0.2, 0.25) is 5.91 Å². The summed E-state index contributed by atoms with van der Waals surface area (Å²) in [6.07, 6.45) is 1.62. The lowest BCUT2D eigenvalue weighted by atomic mass is 10.1. The van der Waals surface area contributed by atoms with Gasteiger partial charge < -0.3 is 15.0 Å². The molecule has 0 bridgehead atoms. The average molecular weight is 495 g/mol. The van der Waals surface area contributed by atoms with E-state index >= 15 is 0 Å². The molecule has 0 aliphatic carbocycles. The van der Waals surface area contributed by atoms with Gasteiger partial charge in [0.15, 0.2) is 5.11 Å². The van der Waals surface area contributed by atoms with E-state index in [2.05, 4.69) is 10.3 Å². The lowest BCUT2D eigenvalue weighted by Crippen LogP contribution is -2.37. The number of hydrogen-bond acceptors (Lipinski definition) is 5. The molecule has 1 N–H and O–H groups in total. The first-order valence-corrected chi connectivity index (χ1v) is 11.6. The van der Waals surface area contributed by atoms with Gasteiger partial charge in [0.05, 0.1) is 31.0 Å². The number of rotatable bonds is 8. The van der Waals surface area contributed by atoms with Crippen LogP contribution >= 0.6 is 23.8 Å². The summed E-state index contributed by atoms with van der Waals surface area (Å²) in [5, 5.41) is 3.72. The third kappa shape index (κ3) is 5.35. The summed E-state index contributed by atoms with van der Waals surface area (Å²) in [5.41, 5.74) is 1.96. The number of halogens is 1. The molecular weight excluding hydrogens is 472 g/mol. The zero-order chi connectivity index (χ0) is 24.1. The summed E-state index contributed by atoms with van der Waals surface area (Å²) in [6.45, 7) is 2.77. The number of pyridine rings is 1. The topological polar surface area (TPSA) is 74.8 Å². The molecule has 1 aliphatic heterocycles. The molecule has 4 rings (SSSR count). The van der Waals surface area contributed by atoms with Crippen molar-refractivity contribution >= 4 is 52.1 Å². The molecule has 0 radical (unpaired) electrons. The summed E-state index contributed by atoms with van der Waals surface area (Å²) in [5.74, 6) is 0.149. The van der Waals surface area contributed by atoms with Gasteiger partial charge >= 0.3 is 0 Å². The molecule has 9 heteroatoms. The molecule has 174 valence electrons. The summed E-state index contributed by atoms with van der Waals surface area (Å²) >= 11 is 11.7. The zero-order valence-electron chi connectivity index (χ0n) is 18.5. The number of carbonyl (C=O) groups excluding carboxylic acids is 2. The van der Waals surface area contributed by atoms with Gasteiger partial charge in [-0.15, -0.1) is 0 Å². The third-order valence-corrected chi connectivity index (χ3v) is 5.96. The second-order valence-corrected chi connectivity index (χ2v) is 8.41. The first-order chi connectivity index (χ1) is 16.5. The van der Waals surface area contributed by atoms with Crippen molar-refractivity contribution in [2.75, 3.05) is 16.8 Å². The van der Waals surface area contributed by atoms with Gasteiger partial charge in [-0.05, 0) is 79.8 Å². The van der Waals surface area contributed by atoms with Crippen LogP contribution in [0.2, 0.25) is 5.02 Å². The van der Waals surface area contributed by atoms with Crippen molar-refractivity contribution in [1.29, 1.82) is 0 Å². The number of amides is 2. The van der Waals surface area contributed by atoms with Crippen molar-refractivity contribution in [1.82, 2.24) is 9.88 Å². The van der Waals surface area contributed by atoms with Gasteiger partial charge in [-0.25, -0.2) is 0 Å². The molecule has 3 aromatic rings. The fourth-order valence-corrected chi connectivity index (χ4v) is 4.21. The highest BCUT2D eigenvalue weighted by Gasteiger charge is 2.44. The van der Waals surface area contributed by atoms with Crippen LogP contribution in [-0.4, -0.2) is 39.5 Å². The Morgan fingerprint density at radius 3 is 2.50 bits per heavy atom. The third-order valence-electron chi connectivity index (χ3n) is 5.29. The van der Waals surface area contributed by atoms with Crippen molar-refractivity contribution < 1.29 is 14.3 Å². The lowest BCUT2D eigenvalue weighted by Gasteiger charge is -2.23. The monoisotopic (exact) mass is 494 g/mol. The maximum atomic E-state index is 13.5. The summed E-state index contributed by atoms with van der Waals surface area (Å²) < 4.78 is 5.43.